The quantitative estimate of drug-likeness (QED) is 0.905. The average molecular weight is 269 g/mol. The molecule has 2 rings (SSSR count). The Morgan fingerprint density at radius 2 is 1.85 bits per heavy atom. The summed E-state index contributed by atoms with van der Waals surface area (Å²) < 4.78 is 5.42. The molecular formula is C17H19NO2. The number of nitrogens with one attached hydrogen (secondary N) is 1. The molecule has 20 heavy (non-hydrogen) atoms. The molecule has 0 unspecified atom stereocenters. The number of ether oxygens (including phenoxy) is 1. The Hall–Kier alpha value is -2.29. The zero-order valence-electron chi connectivity index (χ0n) is 11.8. The number of amides is 1. The predicted molar refractivity (Wildman–Crippen MR) is 80.8 cm³/mol. The van der Waals surface area contributed by atoms with Gasteiger partial charge in [-0.15, -0.1) is 0 Å². The molecule has 2 aromatic carbocycles. The van der Waals surface area contributed by atoms with Crippen LogP contribution in [-0.2, 0) is 4.79 Å². The van der Waals surface area contributed by atoms with Crippen LogP contribution in [0.4, 0.5) is 0 Å². The first-order chi connectivity index (χ1) is 9.69. The maximum absolute atomic E-state index is 11.3. The maximum Gasteiger partial charge on any atom is 0.257 e. The normalized spacial score (nSPS) is 10.1. The van der Waals surface area contributed by atoms with Gasteiger partial charge in [0, 0.05) is 6.54 Å². The van der Waals surface area contributed by atoms with Crippen molar-refractivity contribution in [1.29, 1.82) is 0 Å². The van der Waals surface area contributed by atoms with Gasteiger partial charge in [0.1, 0.15) is 5.75 Å². The van der Waals surface area contributed by atoms with Crippen molar-refractivity contribution in [2.75, 3.05) is 13.2 Å². The molecule has 2 aromatic rings. The summed E-state index contributed by atoms with van der Waals surface area (Å²) in [5.74, 6) is 0.600. The summed E-state index contributed by atoms with van der Waals surface area (Å²) >= 11 is 0. The molecule has 0 spiro atoms. The lowest BCUT2D eigenvalue weighted by atomic mass is 10.0. The van der Waals surface area contributed by atoms with Gasteiger partial charge in [-0.25, -0.2) is 0 Å². The Balaban J connectivity index is 2.01. The summed E-state index contributed by atoms with van der Waals surface area (Å²) in [4.78, 5) is 11.3. The number of carbonyl (C=O) groups excluding carboxylic acids is 1. The second-order valence-electron chi connectivity index (χ2n) is 4.64. The van der Waals surface area contributed by atoms with E-state index in [-0.39, 0.29) is 12.5 Å². The second-order valence-corrected chi connectivity index (χ2v) is 4.64. The molecule has 104 valence electrons. The molecule has 0 aliphatic carbocycles. The number of likely N-dealkylation sites (N-methyl/N-ethyl adjacent to an activating group) is 1. The molecule has 0 aliphatic rings. The highest BCUT2D eigenvalue weighted by Gasteiger charge is 2.02. The van der Waals surface area contributed by atoms with Crippen LogP contribution in [0.1, 0.15) is 12.5 Å². The molecule has 1 N–H and O–H groups in total. The highest BCUT2D eigenvalue weighted by molar-refractivity contribution is 5.77. The van der Waals surface area contributed by atoms with Crippen molar-refractivity contribution in [2.24, 2.45) is 0 Å². The Labute approximate surface area is 119 Å². The summed E-state index contributed by atoms with van der Waals surface area (Å²) in [5, 5.41) is 2.70. The first-order valence-electron chi connectivity index (χ1n) is 6.75. The second kappa shape index (κ2) is 6.75. The van der Waals surface area contributed by atoms with Crippen LogP contribution in [0.25, 0.3) is 11.1 Å². The van der Waals surface area contributed by atoms with Gasteiger partial charge < -0.3 is 10.1 Å². The van der Waals surface area contributed by atoms with E-state index in [2.05, 4.69) is 30.4 Å². The van der Waals surface area contributed by atoms with Crippen molar-refractivity contribution in [2.45, 2.75) is 13.8 Å². The van der Waals surface area contributed by atoms with Crippen LogP contribution in [0.5, 0.6) is 5.75 Å². The van der Waals surface area contributed by atoms with Gasteiger partial charge in [-0.3, -0.25) is 4.79 Å². The van der Waals surface area contributed by atoms with Crippen molar-refractivity contribution in [3.8, 4) is 16.9 Å². The third kappa shape index (κ3) is 3.85. The molecule has 0 aromatic heterocycles. The first-order valence-corrected chi connectivity index (χ1v) is 6.75. The molecule has 1 amide bonds. The molecule has 0 heterocycles. The lowest BCUT2D eigenvalue weighted by Crippen LogP contribution is -2.28. The highest BCUT2D eigenvalue weighted by atomic mass is 16.5. The van der Waals surface area contributed by atoms with Gasteiger partial charge in [0.25, 0.3) is 5.91 Å². The first kappa shape index (κ1) is 14.1. The van der Waals surface area contributed by atoms with Crippen LogP contribution < -0.4 is 10.1 Å². The van der Waals surface area contributed by atoms with E-state index in [0.29, 0.717) is 12.3 Å². The fourth-order valence-corrected chi connectivity index (χ4v) is 1.97. The van der Waals surface area contributed by atoms with Gasteiger partial charge in [-0.05, 0) is 37.1 Å². The predicted octanol–water partition coefficient (Wildman–Crippen LogP) is 3.18. The van der Waals surface area contributed by atoms with Crippen molar-refractivity contribution in [1.82, 2.24) is 5.32 Å². The lowest BCUT2D eigenvalue weighted by Gasteiger charge is -2.07. The van der Waals surface area contributed by atoms with E-state index in [1.165, 1.54) is 11.1 Å². The van der Waals surface area contributed by atoms with Gasteiger partial charge in [0.2, 0.25) is 0 Å². The van der Waals surface area contributed by atoms with E-state index in [1.807, 2.05) is 37.3 Å². The Kier molecular flexibility index (Phi) is 4.77. The van der Waals surface area contributed by atoms with Crippen molar-refractivity contribution in [3.05, 3.63) is 54.1 Å². The summed E-state index contributed by atoms with van der Waals surface area (Å²) in [7, 11) is 0. The van der Waals surface area contributed by atoms with Gasteiger partial charge in [-0.1, -0.05) is 42.0 Å². The van der Waals surface area contributed by atoms with Gasteiger partial charge in [0.05, 0.1) is 0 Å². The SMILES string of the molecule is CCNC(=O)COc1ccc(-c2cccc(C)c2)cc1. The van der Waals surface area contributed by atoms with Crippen LogP contribution in [0.3, 0.4) is 0 Å². The van der Waals surface area contributed by atoms with Crippen LogP contribution in [0.2, 0.25) is 0 Å². The van der Waals surface area contributed by atoms with E-state index in [9.17, 15) is 4.79 Å². The monoisotopic (exact) mass is 269 g/mol. The summed E-state index contributed by atoms with van der Waals surface area (Å²) in [5.41, 5.74) is 3.55. The topological polar surface area (TPSA) is 38.3 Å². The molecule has 3 heteroatoms. The van der Waals surface area contributed by atoms with Crippen molar-refractivity contribution < 1.29 is 9.53 Å². The molecular weight excluding hydrogens is 250 g/mol. The van der Waals surface area contributed by atoms with Gasteiger partial charge in [0.15, 0.2) is 6.61 Å². The van der Waals surface area contributed by atoms with Crippen molar-refractivity contribution in [3.63, 3.8) is 0 Å². The van der Waals surface area contributed by atoms with Crippen LogP contribution in [0.15, 0.2) is 48.5 Å². The standard InChI is InChI=1S/C17H19NO2/c1-3-18-17(19)12-20-16-9-7-14(8-10-16)15-6-4-5-13(2)11-15/h4-11H,3,12H2,1-2H3,(H,18,19). The Morgan fingerprint density at radius 1 is 1.10 bits per heavy atom. The smallest absolute Gasteiger partial charge is 0.257 e. The van der Waals surface area contributed by atoms with Crippen LogP contribution in [-0.4, -0.2) is 19.1 Å². The minimum atomic E-state index is -0.102. The Bertz CT molecular complexity index is 576. The van der Waals surface area contributed by atoms with Crippen LogP contribution in [0, 0.1) is 6.92 Å². The Morgan fingerprint density at radius 3 is 2.50 bits per heavy atom. The number of benzene rings is 2. The molecule has 0 atom stereocenters. The molecule has 0 radical (unpaired) electrons. The number of hydrogen-bond acceptors (Lipinski definition) is 2. The molecule has 0 aliphatic heterocycles. The van der Waals surface area contributed by atoms with E-state index < -0.39 is 0 Å². The summed E-state index contributed by atoms with van der Waals surface area (Å²) in [6, 6.07) is 16.1. The van der Waals surface area contributed by atoms with E-state index >= 15 is 0 Å². The number of rotatable bonds is 5. The van der Waals surface area contributed by atoms with E-state index in [0.717, 1.165) is 5.56 Å². The zero-order chi connectivity index (χ0) is 14.4. The number of hydrogen-bond donors (Lipinski definition) is 1. The van der Waals surface area contributed by atoms with E-state index in [4.69, 9.17) is 4.74 Å². The van der Waals surface area contributed by atoms with Crippen molar-refractivity contribution >= 4 is 5.91 Å². The number of aryl methyl sites for hydroxylation is 1. The molecule has 0 fully saturated rings. The lowest BCUT2D eigenvalue weighted by molar-refractivity contribution is -0.122. The maximum atomic E-state index is 11.3. The minimum absolute atomic E-state index is 0.0532. The van der Waals surface area contributed by atoms with Gasteiger partial charge in [-0.2, -0.15) is 0 Å². The highest BCUT2D eigenvalue weighted by Crippen LogP contribution is 2.23. The molecule has 0 saturated carbocycles. The third-order valence-electron chi connectivity index (χ3n) is 2.95. The van der Waals surface area contributed by atoms with Gasteiger partial charge >= 0.3 is 0 Å². The third-order valence-corrected chi connectivity index (χ3v) is 2.95. The number of carbonyl (C=O) groups is 1. The average Bonchev–Trinajstić information content (AvgIpc) is 2.46. The molecule has 0 bridgehead atoms. The van der Waals surface area contributed by atoms with E-state index in [1.54, 1.807) is 0 Å². The van der Waals surface area contributed by atoms with Crippen LogP contribution >= 0.6 is 0 Å². The summed E-state index contributed by atoms with van der Waals surface area (Å²) in [6.45, 7) is 4.63. The fourth-order valence-electron chi connectivity index (χ4n) is 1.97. The fraction of sp³-hybridized carbons (Fsp3) is 0.235. The zero-order valence-corrected chi connectivity index (χ0v) is 11.8. The molecule has 3 nitrogen and oxygen atoms in total. The summed E-state index contributed by atoms with van der Waals surface area (Å²) in [6.07, 6.45) is 0. The minimum Gasteiger partial charge on any atom is -0.484 e. The molecule has 0 saturated heterocycles. The largest absolute Gasteiger partial charge is 0.484 e.